The summed E-state index contributed by atoms with van der Waals surface area (Å²) in [4.78, 5) is 25.1. The largest absolute Gasteiger partial charge is 0.342 e. The summed E-state index contributed by atoms with van der Waals surface area (Å²) in [5, 5.41) is 0. The highest BCUT2D eigenvalue weighted by molar-refractivity contribution is 5.93. The first kappa shape index (κ1) is 16.4. The first-order valence-corrected chi connectivity index (χ1v) is 8.63. The Kier molecular flexibility index (Phi) is 5.08. The Labute approximate surface area is 143 Å². The fourth-order valence-corrected chi connectivity index (χ4v) is 3.03. The van der Waals surface area contributed by atoms with Gasteiger partial charge in [-0.1, -0.05) is 31.5 Å². The molecule has 1 aromatic carbocycles. The summed E-state index contributed by atoms with van der Waals surface area (Å²) in [6.07, 6.45) is 7.54. The van der Waals surface area contributed by atoms with Gasteiger partial charge in [0.1, 0.15) is 0 Å². The zero-order valence-corrected chi connectivity index (χ0v) is 14.4. The van der Waals surface area contributed by atoms with E-state index in [-0.39, 0.29) is 5.91 Å². The maximum atomic E-state index is 12.4. The number of nitrogens with zero attached hydrogens (tertiary/aromatic N) is 4. The summed E-state index contributed by atoms with van der Waals surface area (Å²) in [5.74, 6) is 0.643. The SMILES string of the molecule is CCCCN(C)C(=O)c1cnc(N2CCCc3ccccc32)nc1. The first-order valence-electron chi connectivity index (χ1n) is 8.63. The van der Waals surface area contributed by atoms with Gasteiger partial charge in [-0.3, -0.25) is 4.79 Å². The molecule has 0 N–H and O–H groups in total. The van der Waals surface area contributed by atoms with Crippen LogP contribution in [0.25, 0.3) is 0 Å². The lowest BCUT2D eigenvalue weighted by molar-refractivity contribution is 0.0792. The average molecular weight is 324 g/mol. The van der Waals surface area contributed by atoms with E-state index in [4.69, 9.17) is 0 Å². The standard InChI is InChI=1S/C19H24N4O/c1-3-4-11-22(2)18(24)16-13-20-19(21-14-16)23-12-7-9-15-8-5-6-10-17(15)23/h5-6,8,10,13-14H,3-4,7,9,11-12H2,1-2H3. The van der Waals surface area contributed by atoms with Crippen molar-refractivity contribution >= 4 is 17.5 Å². The summed E-state index contributed by atoms with van der Waals surface area (Å²) in [6, 6.07) is 8.37. The molecule has 1 amide bonds. The molecule has 0 radical (unpaired) electrons. The van der Waals surface area contributed by atoms with Crippen LogP contribution in [0.1, 0.15) is 42.1 Å². The summed E-state index contributed by atoms with van der Waals surface area (Å²) in [5.41, 5.74) is 3.04. The van der Waals surface area contributed by atoms with Crippen LogP contribution >= 0.6 is 0 Å². The quantitative estimate of drug-likeness (QED) is 0.845. The molecule has 2 aromatic rings. The molecule has 0 aliphatic carbocycles. The maximum Gasteiger partial charge on any atom is 0.256 e. The third-order valence-corrected chi connectivity index (χ3v) is 4.43. The van der Waals surface area contributed by atoms with Crippen molar-refractivity contribution in [1.29, 1.82) is 0 Å². The lowest BCUT2D eigenvalue weighted by atomic mass is 10.0. The number of para-hydroxylation sites is 1. The van der Waals surface area contributed by atoms with E-state index in [0.29, 0.717) is 11.5 Å². The second kappa shape index (κ2) is 7.43. The molecule has 24 heavy (non-hydrogen) atoms. The fraction of sp³-hybridized carbons (Fsp3) is 0.421. The van der Waals surface area contributed by atoms with Gasteiger partial charge in [0.25, 0.3) is 5.91 Å². The number of hydrogen-bond acceptors (Lipinski definition) is 4. The monoisotopic (exact) mass is 324 g/mol. The number of anilines is 2. The number of aryl methyl sites for hydroxylation is 1. The molecule has 126 valence electrons. The van der Waals surface area contributed by atoms with Crippen LogP contribution in [0.2, 0.25) is 0 Å². The van der Waals surface area contributed by atoms with E-state index in [0.717, 1.165) is 38.8 Å². The minimum atomic E-state index is -0.0194. The van der Waals surface area contributed by atoms with E-state index in [1.165, 1.54) is 11.3 Å². The van der Waals surface area contributed by atoms with Crippen LogP contribution in [0.15, 0.2) is 36.7 Å². The lowest BCUT2D eigenvalue weighted by Gasteiger charge is -2.29. The number of amides is 1. The predicted octanol–water partition coefficient (Wildman–Crippen LogP) is 3.43. The number of hydrogen-bond donors (Lipinski definition) is 0. The smallest absolute Gasteiger partial charge is 0.256 e. The Morgan fingerprint density at radius 3 is 2.75 bits per heavy atom. The van der Waals surface area contributed by atoms with E-state index in [1.807, 2.05) is 13.1 Å². The van der Waals surface area contributed by atoms with Crippen molar-refractivity contribution in [2.75, 3.05) is 25.0 Å². The second-order valence-electron chi connectivity index (χ2n) is 6.24. The van der Waals surface area contributed by atoms with Crippen molar-refractivity contribution in [2.24, 2.45) is 0 Å². The molecule has 0 spiro atoms. The van der Waals surface area contributed by atoms with Crippen molar-refractivity contribution in [2.45, 2.75) is 32.6 Å². The zero-order chi connectivity index (χ0) is 16.9. The molecule has 1 aliphatic heterocycles. The minimum absolute atomic E-state index is 0.0194. The number of unbranched alkanes of at least 4 members (excludes halogenated alkanes) is 1. The number of benzene rings is 1. The van der Waals surface area contributed by atoms with E-state index in [9.17, 15) is 4.79 Å². The third kappa shape index (κ3) is 3.40. The van der Waals surface area contributed by atoms with Crippen LogP contribution in [0.5, 0.6) is 0 Å². The van der Waals surface area contributed by atoms with Gasteiger partial charge in [-0.2, -0.15) is 0 Å². The highest BCUT2D eigenvalue weighted by Crippen LogP contribution is 2.30. The third-order valence-electron chi connectivity index (χ3n) is 4.43. The topological polar surface area (TPSA) is 49.3 Å². The van der Waals surface area contributed by atoms with Crippen molar-refractivity contribution in [3.05, 3.63) is 47.8 Å². The van der Waals surface area contributed by atoms with Crippen LogP contribution in [-0.2, 0) is 6.42 Å². The molecule has 0 saturated carbocycles. The summed E-state index contributed by atoms with van der Waals surface area (Å²) >= 11 is 0. The van der Waals surface area contributed by atoms with E-state index < -0.39 is 0 Å². The highest BCUT2D eigenvalue weighted by atomic mass is 16.2. The van der Waals surface area contributed by atoms with E-state index in [2.05, 4.69) is 40.0 Å². The normalized spacial score (nSPS) is 13.5. The first-order chi connectivity index (χ1) is 11.7. The molecule has 0 fully saturated rings. The van der Waals surface area contributed by atoms with E-state index in [1.54, 1.807) is 17.3 Å². The van der Waals surface area contributed by atoms with Crippen molar-refractivity contribution in [3.8, 4) is 0 Å². The van der Waals surface area contributed by atoms with Gasteiger partial charge in [0, 0.05) is 38.2 Å². The Hall–Kier alpha value is -2.43. The maximum absolute atomic E-state index is 12.4. The van der Waals surface area contributed by atoms with Gasteiger partial charge in [-0.15, -0.1) is 0 Å². The van der Waals surface area contributed by atoms with Crippen molar-refractivity contribution in [3.63, 3.8) is 0 Å². The number of fused-ring (bicyclic) bond motifs is 1. The van der Waals surface area contributed by atoms with Crippen LogP contribution < -0.4 is 4.90 Å². The predicted molar refractivity (Wildman–Crippen MR) is 95.7 cm³/mol. The number of carbonyl (C=O) groups excluding carboxylic acids is 1. The summed E-state index contributed by atoms with van der Waals surface area (Å²) in [6.45, 7) is 3.78. The Morgan fingerprint density at radius 1 is 1.25 bits per heavy atom. The molecule has 0 saturated heterocycles. The van der Waals surface area contributed by atoms with Crippen LogP contribution in [0.4, 0.5) is 11.6 Å². The Bertz CT molecular complexity index is 699. The van der Waals surface area contributed by atoms with Gasteiger partial charge in [-0.05, 0) is 30.9 Å². The van der Waals surface area contributed by atoms with Crippen molar-refractivity contribution < 1.29 is 4.79 Å². The Balaban J connectivity index is 1.77. The molecule has 3 rings (SSSR count). The molecule has 1 aromatic heterocycles. The average Bonchev–Trinajstić information content (AvgIpc) is 2.65. The minimum Gasteiger partial charge on any atom is -0.342 e. The van der Waals surface area contributed by atoms with Gasteiger partial charge >= 0.3 is 0 Å². The summed E-state index contributed by atoms with van der Waals surface area (Å²) in [7, 11) is 1.83. The number of rotatable bonds is 5. The van der Waals surface area contributed by atoms with Gasteiger partial charge in [0.15, 0.2) is 0 Å². The van der Waals surface area contributed by atoms with Gasteiger partial charge in [0.2, 0.25) is 5.95 Å². The zero-order valence-electron chi connectivity index (χ0n) is 14.4. The van der Waals surface area contributed by atoms with Crippen LogP contribution in [-0.4, -0.2) is 40.9 Å². The van der Waals surface area contributed by atoms with Gasteiger partial charge in [0.05, 0.1) is 5.56 Å². The molecular formula is C19H24N4O. The fourth-order valence-electron chi connectivity index (χ4n) is 3.03. The molecule has 2 heterocycles. The Morgan fingerprint density at radius 2 is 2.00 bits per heavy atom. The molecule has 5 nitrogen and oxygen atoms in total. The molecule has 5 heteroatoms. The van der Waals surface area contributed by atoms with Crippen LogP contribution in [0.3, 0.4) is 0 Å². The van der Waals surface area contributed by atoms with Crippen molar-refractivity contribution in [1.82, 2.24) is 14.9 Å². The molecule has 0 atom stereocenters. The highest BCUT2D eigenvalue weighted by Gasteiger charge is 2.20. The summed E-state index contributed by atoms with van der Waals surface area (Å²) < 4.78 is 0. The van der Waals surface area contributed by atoms with E-state index >= 15 is 0 Å². The molecule has 0 unspecified atom stereocenters. The lowest BCUT2D eigenvalue weighted by Crippen LogP contribution is -2.29. The second-order valence-corrected chi connectivity index (χ2v) is 6.24. The van der Waals surface area contributed by atoms with Gasteiger partial charge < -0.3 is 9.80 Å². The molecule has 0 bridgehead atoms. The molecular weight excluding hydrogens is 300 g/mol. The number of carbonyl (C=O) groups is 1. The number of aromatic nitrogens is 2. The van der Waals surface area contributed by atoms with Gasteiger partial charge in [-0.25, -0.2) is 9.97 Å². The molecule has 1 aliphatic rings. The van der Waals surface area contributed by atoms with Crippen LogP contribution in [0, 0.1) is 0 Å².